The molecule has 0 unspecified atom stereocenters. The summed E-state index contributed by atoms with van der Waals surface area (Å²) < 4.78 is 7.54. The van der Waals surface area contributed by atoms with E-state index >= 15 is 0 Å². The largest absolute Gasteiger partial charge is 0.508 e. The van der Waals surface area contributed by atoms with Crippen molar-refractivity contribution in [3.05, 3.63) is 53.6 Å². The first-order valence-corrected chi connectivity index (χ1v) is 8.53. The summed E-state index contributed by atoms with van der Waals surface area (Å²) in [5.41, 5.74) is 3.07. The van der Waals surface area contributed by atoms with Gasteiger partial charge in [0.2, 0.25) is 5.16 Å². The predicted molar refractivity (Wildman–Crippen MR) is 93.0 cm³/mol. The van der Waals surface area contributed by atoms with E-state index in [1.54, 1.807) is 28.9 Å². The lowest BCUT2D eigenvalue weighted by atomic mass is 10.1. The number of phenols is 1. The Morgan fingerprint density at radius 2 is 1.79 bits per heavy atom. The van der Waals surface area contributed by atoms with E-state index in [4.69, 9.17) is 4.74 Å². The Labute approximate surface area is 144 Å². The van der Waals surface area contributed by atoms with Crippen molar-refractivity contribution in [2.24, 2.45) is 0 Å². The molecule has 2 aromatic carbocycles. The Bertz CT molecular complexity index is 797. The van der Waals surface area contributed by atoms with E-state index in [1.165, 1.54) is 11.8 Å². The monoisotopic (exact) mass is 342 g/mol. The van der Waals surface area contributed by atoms with Gasteiger partial charge in [-0.3, -0.25) is 0 Å². The summed E-state index contributed by atoms with van der Waals surface area (Å²) >= 11 is 1.52. The van der Waals surface area contributed by atoms with Gasteiger partial charge < -0.3 is 9.84 Å². The van der Waals surface area contributed by atoms with Gasteiger partial charge in [0.25, 0.3) is 0 Å². The van der Waals surface area contributed by atoms with Crippen molar-refractivity contribution in [3.63, 3.8) is 0 Å². The number of para-hydroxylation sites is 1. The highest BCUT2D eigenvalue weighted by Gasteiger charge is 2.09. The third-order valence-corrected chi connectivity index (χ3v) is 4.39. The van der Waals surface area contributed by atoms with Crippen molar-refractivity contribution >= 4 is 11.8 Å². The predicted octanol–water partition coefficient (Wildman–Crippen LogP) is 3.16. The van der Waals surface area contributed by atoms with Gasteiger partial charge in [0, 0.05) is 5.75 Å². The maximum atomic E-state index is 9.37. The average Bonchev–Trinajstić information content (AvgIpc) is 3.03. The molecule has 0 radical (unpaired) electrons. The van der Waals surface area contributed by atoms with Crippen LogP contribution in [0.2, 0.25) is 0 Å². The smallest absolute Gasteiger partial charge is 0.214 e. The molecule has 0 bridgehead atoms. The zero-order chi connectivity index (χ0) is 16.9. The highest BCUT2D eigenvalue weighted by atomic mass is 32.2. The minimum Gasteiger partial charge on any atom is -0.508 e. The molecule has 3 rings (SSSR count). The van der Waals surface area contributed by atoms with Crippen LogP contribution >= 0.6 is 11.8 Å². The molecule has 7 heteroatoms. The molecule has 0 amide bonds. The van der Waals surface area contributed by atoms with Gasteiger partial charge in [0.05, 0.1) is 12.3 Å². The quantitative estimate of drug-likeness (QED) is 0.548. The Balaban J connectivity index is 1.60. The Hall–Kier alpha value is -2.54. The molecule has 0 saturated heterocycles. The van der Waals surface area contributed by atoms with Crippen molar-refractivity contribution in [1.29, 1.82) is 0 Å². The Kier molecular flexibility index (Phi) is 5.00. The number of thioether (sulfide) groups is 1. The molecule has 0 atom stereocenters. The third-order valence-electron chi connectivity index (χ3n) is 3.50. The fourth-order valence-electron chi connectivity index (χ4n) is 2.33. The number of hydrogen-bond donors (Lipinski definition) is 1. The number of benzene rings is 2. The summed E-state index contributed by atoms with van der Waals surface area (Å²) in [4.78, 5) is 0. The number of tetrazole rings is 1. The van der Waals surface area contributed by atoms with Gasteiger partial charge in [-0.25, -0.2) is 0 Å². The number of phenolic OH excluding ortho intramolecular Hbond substituents is 1. The van der Waals surface area contributed by atoms with Crippen LogP contribution < -0.4 is 4.74 Å². The second-order valence-electron chi connectivity index (χ2n) is 5.31. The summed E-state index contributed by atoms with van der Waals surface area (Å²) in [6, 6.07) is 12.9. The maximum Gasteiger partial charge on any atom is 0.214 e. The van der Waals surface area contributed by atoms with E-state index in [9.17, 15) is 5.11 Å². The average molecular weight is 342 g/mol. The first kappa shape index (κ1) is 16.3. The third kappa shape index (κ3) is 3.68. The lowest BCUT2D eigenvalue weighted by Gasteiger charge is -2.11. The van der Waals surface area contributed by atoms with Gasteiger partial charge in [-0.05, 0) is 59.7 Å². The molecule has 0 aliphatic carbocycles. The van der Waals surface area contributed by atoms with Gasteiger partial charge in [-0.2, -0.15) is 4.68 Å². The lowest BCUT2D eigenvalue weighted by molar-refractivity contribution is 0.339. The van der Waals surface area contributed by atoms with Crippen LogP contribution in [0.15, 0.2) is 47.6 Å². The first-order valence-electron chi connectivity index (χ1n) is 7.55. The van der Waals surface area contributed by atoms with Gasteiger partial charge in [0.15, 0.2) is 0 Å². The Morgan fingerprint density at radius 1 is 1.08 bits per heavy atom. The number of aromatic hydroxyl groups is 1. The van der Waals surface area contributed by atoms with Gasteiger partial charge in [0.1, 0.15) is 11.5 Å². The number of nitrogens with zero attached hydrogens (tertiary/aromatic N) is 4. The van der Waals surface area contributed by atoms with Crippen LogP contribution in [-0.4, -0.2) is 37.7 Å². The van der Waals surface area contributed by atoms with Crippen molar-refractivity contribution in [2.45, 2.75) is 19.0 Å². The topological polar surface area (TPSA) is 73.1 Å². The molecule has 0 aliphatic heterocycles. The molecular weight excluding hydrogens is 324 g/mol. The van der Waals surface area contributed by atoms with E-state index in [1.807, 2.05) is 32.0 Å². The summed E-state index contributed by atoms with van der Waals surface area (Å²) in [6.45, 7) is 4.65. The summed E-state index contributed by atoms with van der Waals surface area (Å²) in [6.07, 6.45) is 0. The summed E-state index contributed by atoms with van der Waals surface area (Å²) in [5, 5.41) is 21.8. The van der Waals surface area contributed by atoms with Crippen LogP contribution in [0.5, 0.6) is 11.5 Å². The molecule has 0 spiro atoms. The number of rotatable bonds is 6. The molecule has 6 nitrogen and oxygen atoms in total. The molecule has 124 valence electrons. The van der Waals surface area contributed by atoms with E-state index in [2.05, 4.69) is 15.5 Å². The van der Waals surface area contributed by atoms with Crippen LogP contribution in [0.25, 0.3) is 5.69 Å². The number of ether oxygens (including phenoxy) is 1. The molecule has 0 fully saturated rings. The minimum absolute atomic E-state index is 0.211. The molecule has 24 heavy (non-hydrogen) atoms. The van der Waals surface area contributed by atoms with E-state index < -0.39 is 0 Å². The minimum atomic E-state index is 0.211. The normalized spacial score (nSPS) is 10.8. The Morgan fingerprint density at radius 3 is 2.50 bits per heavy atom. The number of aromatic nitrogens is 4. The lowest BCUT2D eigenvalue weighted by Crippen LogP contribution is -2.05. The first-order chi connectivity index (χ1) is 11.6. The van der Waals surface area contributed by atoms with Crippen LogP contribution in [-0.2, 0) is 0 Å². The SMILES string of the molecule is Cc1cccc(C)c1OCCSc1nnnn1-c1ccc(O)cc1. The summed E-state index contributed by atoms with van der Waals surface area (Å²) in [7, 11) is 0. The maximum absolute atomic E-state index is 9.37. The fourth-order valence-corrected chi connectivity index (χ4v) is 3.04. The standard InChI is InChI=1S/C17H18N4O2S/c1-12-4-3-5-13(2)16(12)23-10-11-24-17-18-19-20-21(17)14-6-8-15(22)9-7-14/h3-9,22H,10-11H2,1-2H3. The van der Waals surface area contributed by atoms with Crippen molar-refractivity contribution in [1.82, 2.24) is 20.2 Å². The van der Waals surface area contributed by atoms with Crippen LogP contribution in [0, 0.1) is 13.8 Å². The molecule has 1 N–H and O–H groups in total. The van der Waals surface area contributed by atoms with Crippen molar-refractivity contribution in [3.8, 4) is 17.2 Å². The zero-order valence-electron chi connectivity index (χ0n) is 13.5. The summed E-state index contributed by atoms with van der Waals surface area (Å²) in [5.74, 6) is 1.88. The second kappa shape index (κ2) is 7.35. The molecule has 1 aromatic heterocycles. The second-order valence-corrected chi connectivity index (χ2v) is 6.37. The van der Waals surface area contributed by atoms with E-state index in [-0.39, 0.29) is 5.75 Å². The van der Waals surface area contributed by atoms with Crippen LogP contribution in [0.1, 0.15) is 11.1 Å². The molecule has 0 saturated carbocycles. The van der Waals surface area contributed by atoms with E-state index in [0.717, 1.165) is 28.3 Å². The van der Waals surface area contributed by atoms with Gasteiger partial charge in [-0.15, -0.1) is 5.10 Å². The van der Waals surface area contributed by atoms with Gasteiger partial charge >= 0.3 is 0 Å². The molecule has 0 aliphatic rings. The van der Waals surface area contributed by atoms with Crippen LogP contribution in [0.4, 0.5) is 0 Å². The fraction of sp³-hybridized carbons (Fsp3) is 0.235. The molecule has 3 aromatic rings. The van der Waals surface area contributed by atoms with Crippen LogP contribution in [0.3, 0.4) is 0 Å². The van der Waals surface area contributed by atoms with Crippen molar-refractivity contribution < 1.29 is 9.84 Å². The molecule has 1 heterocycles. The highest BCUT2D eigenvalue weighted by Crippen LogP contribution is 2.24. The van der Waals surface area contributed by atoms with Gasteiger partial charge in [-0.1, -0.05) is 30.0 Å². The molecular formula is C17H18N4O2S. The number of hydrogen-bond acceptors (Lipinski definition) is 6. The number of aryl methyl sites for hydroxylation is 2. The van der Waals surface area contributed by atoms with Crippen molar-refractivity contribution in [2.75, 3.05) is 12.4 Å². The highest BCUT2D eigenvalue weighted by molar-refractivity contribution is 7.99. The van der Waals surface area contributed by atoms with E-state index in [0.29, 0.717) is 11.8 Å². The zero-order valence-corrected chi connectivity index (χ0v) is 14.3.